The summed E-state index contributed by atoms with van der Waals surface area (Å²) in [6.07, 6.45) is 1.34. The number of hydrazine groups is 1. The van der Waals surface area contributed by atoms with E-state index in [0.717, 1.165) is 0 Å². The minimum atomic E-state index is -0.463. The van der Waals surface area contributed by atoms with Gasteiger partial charge < -0.3 is 15.5 Å². The van der Waals surface area contributed by atoms with Crippen LogP contribution in [-0.4, -0.2) is 17.1 Å². The molecule has 100 valence electrons. The number of nitrogens with one attached hydrogen (secondary N) is 2. The van der Waals surface area contributed by atoms with Crippen LogP contribution in [-0.2, 0) is 0 Å². The standard InChI is InChI=1S/C11H11BrFN5O/c1-19-8-3-2-6(4-7(8)13)17-10-9(12)11(18-14)16-5-15-10/h2-5H,14H2,1H3,(H2,15,16,17,18). The molecule has 4 N–H and O–H groups in total. The van der Waals surface area contributed by atoms with Crippen LogP contribution in [0, 0.1) is 5.82 Å². The predicted molar refractivity (Wildman–Crippen MR) is 73.8 cm³/mol. The van der Waals surface area contributed by atoms with Gasteiger partial charge in [0.2, 0.25) is 0 Å². The third-order valence-electron chi connectivity index (χ3n) is 2.34. The Morgan fingerprint density at radius 3 is 2.68 bits per heavy atom. The minimum absolute atomic E-state index is 0.177. The van der Waals surface area contributed by atoms with Crippen LogP contribution in [0.5, 0.6) is 5.75 Å². The van der Waals surface area contributed by atoms with Crippen molar-refractivity contribution in [1.82, 2.24) is 9.97 Å². The van der Waals surface area contributed by atoms with Crippen LogP contribution < -0.4 is 21.3 Å². The molecule has 1 aromatic carbocycles. The molecule has 0 radical (unpaired) electrons. The Morgan fingerprint density at radius 1 is 1.32 bits per heavy atom. The van der Waals surface area contributed by atoms with Gasteiger partial charge in [0.25, 0.3) is 0 Å². The molecule has 8 heteroatoms. The van der Waals surface area contributed by atoms with E-state index in [9.17, 15) is 4.39 Å². The van der Waals surface area contributed by atoms with Gasteiger partial charge in [-0.3, -0.25) is 0 Å². The molecular formula is C11H11BrFN5O. The second kappa shape index (κ2) is 5.81. The summed E-state index contributed by atoms with van der Waals surface area (Å²) >= 11 is 3.30. The van der Waals surface area contributed by atoms with E-state index in [2.05, 4.69) is 36.6 Å². The van der Waals surface area contributed by atoms with E-state index in [1.165, 1.54) is 25.6 Å². The number of nitrogens with zero attached hydrogens (tertiary/aromatic N) is 2. The quantitative estimate of drug-likeness (QED) is 0.590. The molecule has 0 bridgehead atoms. The van der Waals surface area contributed by atoms with Gasteiger partial charge >= 0.3 is 0 Å². The molecule has 0 aliphatic rings. The van der Waals surface area contributed by atoms with Gasteiger partial charge in [0.05, 0.1) is 7.11 Å². The fourth-order valence-corrected chi connectivity index (χ4v) is 1.86. The first-order valence-corrected chi connectivity index (χ1v) is 6.02. The third-order valence-corrected chi connectivity index (χ3v) is 3.09. The van der Waals surface area contributed by atoms with Gasteiger partial charge in [0, 0.05) is 11.8 Å². The van der Waals surface area contributed by atoms with Crippen molar-refractivity contribution in [3.05, 3.63) is 34.8 Å². The molecule has 1 aromatic heterocycles. The van der Waals surface area contributed by atoms with Crippen LogP contribution >= 0.6 is 15.9 Å². The number of anilines is 3. The molecule has 0 saturated carbocycles. The fraction of sp³-hybridized carbons (Fsp3) is 0.0909. The van der Waals surface area contributed by atoms with Crippen molar-refractivity contribution in [2.75, 3.05) is 17.9 Å². The van der Waals surface area contributed by atoms with E-state index in [4.69, 9.17) is 10.6 Å². The van der Waals surface area contributed by atoms with E-state index in [1.54, 1.807) is 6.07 Å². The summed E-state index contributed by atoms with van der Waals surface area (Å²) in [5, 5.41) is 2.95. The number of hydrogen-bond acceptors (Lipinski definition) is 6. The lowest BCUT2D eigenvalue weighted by molar-refractivity contribution is 0.386. The van der Waals surface area contributed by atoms with Gasteiger partial charge in [-0.15, -0.1) is 0 Å². The second-order valence-electron chi connectivity index (χ2n) is 3.50. The van der Waals surface area contributed by atoms with Crippen LogP contribution in [0.2, 0.25) is 0 Å². The highest BCUT2D eigenvalue weighted by atomic mass is 79.9. The molecule has 1 heterocycles. The zero-order valence-electron chi connectivity index (χ0n) is 9.95. The van der Waals surface area contributed by atoms with E-state index < -0.39 is 5.82 Å². The van der Waals surface area contributed by atoms with Crippen LogP contribution in [0.4, 0.5) is 21.7 Å². The van der Waals surface area contributed by atoms with E-state index >= 15 is 0 Å². The zero-order chi connectivity index (χ0) is 13.8. The van der Waals surface area contributed by atoms with Crippen molar-refractivity contribution in [2.45, 2.75) is 0 Å². The summed E-state index contributed by atoms with van der Waals surface area (Å²) in [6, 6.07) is 4.50. The maximum Gasteiger partial charge on any atom is 0.167 e. The Bertz CT molecular complexity index is 595. The number of ether oxygens (including phenoxy) is 1. The fourth-order valence-electron chi connectivity index (χ4n) is 1.44. The SMILES string of the molecule is COc1ccc(Nc2ncnc(NN)c2Br)cc1F. The minimum Gasteiger partial charge on any atom is -0.494 e. The third kappa shape index (κ3) is 2.91. The van der Waals surface area contributed by atoms with Gasteiger partial charge in [0.15, 0.2) is 17.4 Å². The maximum atomic E-state index is 13.6. The molecule has 0 aliphatic heterocycles. The first-order chi connectivity index (χ1) is 9.15. The molecule has 0 spiro atoms. The molecule has 0 atom stereocenters. The lowest BCUT2D eigenvalue weighted by Crippen LogP contribution is -2.10. The average molecular weight is 328 g/mol. The highest BCUT2D eigenvalue weighted by molar-refractivity contribution is 9.10. The number of benzene rings is 1. The van der Waals surface area contributed by atoms with Crippen LogP contribution in [0.15, 0.2) is 29.0 Å². The van der Waals surface area contributed by atoms with Gasteiger partial charge in [-0.2, -0.15) is 0 Å². The molecule has 0 aliphatic carbocycles. The summed E-state index contributed by atoms with van der Waals surface area (Å²) in [4.78, 5) is 7.95. The molecule has 6 nitrogen and oxygen atoms in total. The molecule has 0 unspecified atom stereocenters. The Balaban J connectivity index is 2.29. The second-order valence-corrected chi connectivity index (χ2v) is 4.30. The van der Waals surface area contributed by atoms with Gasteiger partial charge in [0.1, 0.15) is 16.6 Å². The predicted octanol–water partition coefficient (Wildman–Crippen LogP) is 2.42. The van der Waals surface area contributed by atoms with E-state index in [-0.39, 0.29) is 5.75 Å². The van der Waals surface area contributed by atoms with Crippen molar-refractivity contribution in [1.29, 1.82) is 0 Å². The Hall–Kier alpha value is -1.93. The summed E-state index contributed by atoms with van der Waals surface area (Å²) < 4.78 is 19.0. The zero-order valence-corrected chi connectivity index (χ0v) is 11.5. The largest absolute Gasteiger partial charge is 0.494 e. The van der Waals surface area contributed by atoms with Gasteiger partial charge in [-0.05, 0) is 28.1 Å². The maximum absolute atomic E-state index is 13.6. The number of halogens is 2. The number of rotatable bonds is 4. The number of nitrogens with two attached hydrogens (primary N) is 1. The van der Waals surface area contributed by atoms with Gasteiger partial charge in [-0.1, -0.05) is 0 Å². The summed E-state index contributed by atoms with van der Waals surface area (Å²) in [5.74, 6) is 5.90. The normalized spacial score (nSPS) is 10.1. The molecule has 19 heavy (non-hydrogen) atoms. The first-order valence-electron chi connectivity index (χ1n) is 5.23. The Labute approximate surface area is 117 Å². The van der Waals surface area contributed by atoms with Crippen molar-refractivity contribution in [3.63, 3.8) is 0 Å². The monoisotopic (exact) mass is 327 g/mol. The number of methoxy groups -OCH3 is 1. The van der Waals surface area contributed by atoms with E-state index in [0.29, 0.717) is 21.8 Å². The van der Waals surface area contributed by atoms with Crippen molar-refractivity contribution < 1.29 is 9.13 Å². The lowest BCUT2D eigenvalue weighted by atomic mass is 10.3. The smallest absolute Gasteiger partial charge is 0.167 e. The highest BCUT2D eigenvalue weighted by Crippen LogP contribution is 2.29. The summed E-state index contributed by atoms with van der Waals surface area (Å²) in [7, 11) is 1.41. The first kappa shape index (κ1) is 13.5. The van der Waals surface area contributed by atoms with Gasteiger partial charge in [-0.25, -0.2) is 20.2 Å². The number of aromatic nitrogens is 2. The Kier molecular flexibility index (Phi) is 4.13. The Morgan fingerprint density at radius 2 is 2.05 bits per heavy atom. The van der Waals surface area contributed by atoms with Crippen LogP contribution in [0.3, 0.4) is 0 Å². The highest BCUT2D eigenvalue weighted by Gasteiger charge is 2.09. The molecule has 0 amide bonds. The van der Waals surface area contributed by atoms with Crippen LogP contribution in [0.1, 0.15) is 0 Å². The van der Waals surface area contributed by atoms with Crippen LogP contribution in [0.25, 0.3) is 0 Å². The van der Waals surface area contributed by atoms with E-state index in [1.807, 2.05) is 0 Å². The molecule has 0 saturated heterocycles. The summed E-state index contributed by atoms with van der Waals surface area (Å²) in [6.45, 7) is 0. The van der Waals surface area contributed by atoms with Crippen molar-refractivity contribution >= 4 is 33.3 Å². The molecule has 2 rings (SSSR count). The average Bonchev–Trinajstić information content (AvgIpc) is 2.41. The molecular weight excluding hydrogens is 317 g/mol. The number of hydrogen-bond donors (Lipinski definition) is 3. The van der Waals surface area contributed by atoms with Crippen molar-refractivity contribution in [3.8, 4) is 5.75 Å². The lowest BCUT2D eigenvalue weighted by Gasteiger charge is -2.10. The topological polar surface area (TPSA) is 85.1 Å². The number of nitrogen functional groups attached to an aromatic ring is 1. The molecule has 0 fully saturated rings. The molecule has 2 aromatic rings. The van der Waals surface area contributed by atoms with Crippen molar-refractivity contribution in [2.24, 2.45) is 5.84 Å². The summed E-state index contributed by atoms with van der Waals surface area (Å²) in [5.41, 5.74) is 2.95.